The van der Waals surface area contributed by atoms with Gasteiger partial charge in [0, 0.05) is 41.8 Å². The van der Waals surface area contributed by atoms with Gasteiger partial charge in [-0.15, -0.1) is 0 Å². The number of amides is 1. The second-order valence-corrected chi connectivity index (χ2v) is 7.08. The van der Waals surface area contributed by atoms with Crippen LogP contribution in [0.15, 0.2) is 48.5 Å². The summed E-state index contributed by atoms with van der Waals surface area (Å²) in [7, 11) is 0. The molecule has 0 aliphatic carbocycles. The van der Waals surface area contributed by atoms with Crippen molar-refractivity contribution in [2.24, 2.45) is 0 Å². The van der Waals surface area contributed by atoms with Crippen LogP contribution in [-0.4, -0.2) is 28.9 Å². The van der Waals surface area contributed by atoms with Gasteiger partial charge >= 0.3 is 6.18 Å². The lowest BCUT2D eigenvalue weighted by molar-refractivity contribution is -0.137. The third-order valence-electron chi connectivity index (χ3n) is 5.25. The number of aromatic nitrogens is 1. The second kappa shape index (κ2) is 7.48. The van der Waals surface area contributed by atoms with E-state index in [1.807, 2.05) is 24.3 Å². The molecular formula is C22H20F3N3O. The Morgan fingerprint density at radius 2 is 1.97 bits per heavy atom. The van der Waals surface area contributed by atoms with E-state index in [4.69, 9.17) is 4.98 Å². The van der Waals surface area contributed by atoms with E-state index in [0.717, 1.165) is 42.9 Å². The number of carbonyl (C=O) groups is 1. The van der Waals surface area contributed by atoms with Crippen molar-refractivity contribution in [3.8, 4) is 0 Å². The Morgan fingerprint density at radius 3 is 2.72 bits per heavy atom. The summed E-state index contributed by atoms with van der Waals surface area (Å²) in [5, 5.41) is 3.36. The van der Waals surface area contributed by atoms with Gasteiger partial charge in [-0.2, -0.15) is 13.2 Å². The van der Waals surface area contributed by atoms with Crippen molar-refractivity contribution >= 4 is 22.5 Å². The molecule has 3 aromatic rings. The Balaban J connectivity index is 1.78. The van der Waals surface area contributed by atoms with Crippen LogP contribution in [0.4, 0.5) is 18.9 Å². The number of carbonyl (C=O) groups excluding carboxylic acids is 1. The molecule has 0 saturated heterocycles. The summed E-state index contributed by atoms with van der Waals surface area (Å²) in [4.78, 5) is 20.2. The van der Waals surface area contributed by atoms with E-state index in [-0.39, 0.29) is 5.69 Å². The van der Waals surface area contributed by atoms with Gasteiger partial charge in [-0.25, -0.2) is 0 Å². The number of nitrogens with one attached hydrogen (secondary N) is 1. The molecule has 150 valence electrons. The molecule has 4 nitrogen and oxygen atoms in total. The first kappa shape index (κ1) is 19.4. The molecule has 7 heteroatoms. The van der Waals surface area contributed by atoms with E-state index in [2.05, 4.69) is 17.1 Å². The van der Waals surface area contributed by atoms with Crippen LogP contribution in [0.2, 0.25) is 0 Å². The van der Waals surface area contributed by atoms with Gasteiger partial charge in [-0.3, -0.25) is 14.7 Å². The Bertz CT molecular complexity index is 1080. The van der Waals surface area contributed by atoms with Gasteiger partial charge < -0.3 is 5.32 Å². The lowest BCUT2D eigenvalue weighted by Gasteiger charge is -2.29. The minimum absolute atomic E-state index is 0.114. The molecule has 2 aromatic carbocycles. The summed E-state index contributed by atoms with van der Waals surface area (Å²) in [6.45, 7) is 4.36. The van der Waals surface area contributed by atoms with E-state index in [0.29, 0.717) is 23.0 Å². The van der Waals surface area contributed by atoms with Crippen LogP contribution in [-0.2, 0) is 19.1 Å². The number of hydrogen-bond donors (Lipinski definition) is 1. The summed E-state index contributed by atoms with van der Waals surface area (Å²) >= 11 is 0. The number of benzene rings is 2. The van der Waals surface area contributed by atoms with Crippen molar-refractivity contribution in [2.45, 2.75) is 26.1 Å². The third kappa shape index (κ3) is 3.82. The normalized spacial score (nSPS) is 14.6. The molecule has 29 heavy (non-hydrogen) atoms. The maximum Gasteiger partial charge on any atom is 0.416 e. The van der Waals surface area contributed by atoms with Crippen LogP contribution in [0.25, 0.3) is 10.9 Å². The molecule has 1 N–H and O–H groups in total. The number of anilines is 1. The van der Waals surface area contributed by atoms with E-state index >= 15 is 0 Å². The predicted octanol–water partition coefficient (Wildman–Crippen LogP) is 4.88. The maximum atomic E-state index is 13.2. The molecule has 4 rings (SSSR count). The fourth-order valence-electron chi connectivity index (χ4n) is 3.74. The van der Waals surface area contributed by atoms with Crippen LogP contribution in [0.3, 0.4) is 0 Å². The number of rotatable bonds is 3. The highest BCUT2D eigenvalue weighted by atomic mass is 19.4. The average Bonchev–Trinajstić information content (AvgIpc) is 2.71. The highest BCUT2D eigenvalue weighted by molar-refractivity contribution is 6.13. The number of alkyl halides is 3. The zero-order chi connectivity index (χ0) is 20.6. The van der Waals surface area contributed by atoms with Crippen LogP contribution >= 0.6 is 0 Å². The smallest absolute Gasteiger partial charge is 0.322 e. The molecule has 0 radical (unpaired) electrons. The Labute approximate surface area is 166 Å². The summed E-state index contributed by atoms with van der Waals surface area (Å²) in [6.07, 6.45) is -3.73. The number of pyridine rings is 1. The molecule has 1 aliphatic rings. The monoisotopic (exact) mass is 399 g/mol. The number of para-hydroxylation sites is 1. The van der Waals surface area contributed by atoms with E-state index in [9.17, 15) is 18.0 Å². The van der Waals surface area contributed by atoms with Gasteiger partial charge in [0.25, 0.3) is 5.91 Å². The van der Waals surface area contributed by atoms with Gasteiger partial charge in [0.15, 0.2) is 0 Å². The first-order valence-electron chi connectivity index (χ1n) is 9.48. The highest BCUT2D eigenvalue weighted by Gasteiger charge is 2.31. The lowest BCUT2D eigenvalue weighted by Crippen LogP contribution is -2.33. The van der Waals surface area contributed by atoms with Crippen LogP contribution in [0.1, 0.15) is 34.1 Å². The van der Waals surface area contributed by atoms with Crippen molar-refractivity contribution in [2.75, 3.05) is 18.4 Å². The lowest BCUT2D eigenvalue weighted by atomic mass is 9.95. The molecular weight excluding hydrogens is 379 g/mol. The van der Waals surface area contributed by atoms with Crippen molar-refractivity contribution in [1.29, 1.82) is 0 Å². The number of likely N-dealkylation sites (N-methyl/N-ethyl adjacent to an activating group) is 1. The SMILES string of the molecule is CCN1CCc2nc3ccccc3c(C(=O)Nc3cccc(C(F)(F)F)c3)c2C1. The fourth-order valence-corrected chi connectivity index (χ4v) is 3.74. The van der Waals surface area contributed by atoms with E-state index < -0.39 is 17.6 Å². The Morgan fingerprint density at radius 1 is 1.17 bits per heavy atom. The summed E-state index contributed by atoms with van der Waals surface area (Å²) in [5.74, 6) is -0.419. The fraction of sp³-hybridized carbons (Fsp3) is 0.273. The summed E-state index contributed by atoms with van der Waals surface area (Å²) in [5.41, 5.74) is 2.24. The molecule has 0 bridgehead atoms. The van der Waals surface area contributed by atoms with Crippen molar-refractivity contribution in [3.05, 3.63) is 70.9 Å². The number of nitrogens with zero attached hydrogens (tertiary/aromatic N) is 2. The van der Waals surface area contributed by atoms with Gasteiger partial charge in [-0.1, -0.05) is 31.2 Å². The number of halogens is 3. The molecule has 0 fully saturated rings. The average molecular weight is 399 g/mol. The van der Waals surface area contributed by atoms with Gasteiger partial charge in [-0.05, 0) is 30.8 Å². The zero-order valence-electron chi connectivity index (χ0n) is 15.9. The summed E-state index contributed by atoms with van der Waals surface area (Å²) < 4.78 is 39.1. The topological polar surface area (TPSA) is 45.2 Å². The first-order valence-corrected chi connectivity index (χ1v) is 9.48. The minimum atomic E-state index is -4.47. The largest absolute Gasteiger partial charge is 0.416 e. The molecule has 0 unspecified atom stereocenters. The van der Waals surface area contributed by atoms with Crippen LogP contribution in [0, 0.1) is 0 Å². The van der Waals surface area contributed by atoms with Crippen molar-refractivity contribution in [3.63, 3.8) is 0 Å². The van der Waals surface area contributed by atoms with Gasteiger partial charge in [0.2, 0.25) is 0 Å². The molecule has 1 amide bonds. The van der Waals surface area contributed by atoms with E-state index in [1.165, 1.54) is 12.1 Å². The Hall–Kier alpha value is -2.93. The van der Waals surface area contributed by atoms with E-state index in [1.54, 1.807) is 0 Å². The molecule has 1 aliphatic heterocycles. The standard InChI is InChI=1S/C22H20F3N3O/c1-2-28-11-10-19-17(13-28)20(16-8-3-4-9-18(16)27-19)21(29)26-15-7-5-6-14(12-15)22(23,24)25/h3-9,12H,2,10-11,13H2,1H3,(H,26,29). The molecule has 1 aromatic heterocycles. The Kier molecular flexibility index (Phi) is 5.00. The number of hydrogen-bond acceptors (Lipinski definition) is 3. The molecule has 2 heterocycles. The highest BCUT2D eigenvalue weighted by Crippen LogP contribution is 2.32. The molecule has 0 atom stereocenters. The van der Waals surface area contributed by atoms with Gasteiger partial charge in [0.05, 0.1) is 16.6 Å². The maximum absolute atomic E-state index is 13.2. The second-order valence-electron chi connectivity index (χ2n) is 7.08. The molecule has 0 saturated carbocycles. The zero-order valence-corrected chi connectivity index (χ0v) is 15.9. The number of fused-ring (bicyclic) bond motifs is 2. The minimum Gasteiger partial charge on any atom is -0.322 e. The quantitative estimate of drug-likeness (QED) is 0.683. The van der Waals surface area contributed by atoms with Crippen LogP contribution < -0.4 is 5.32 Å². The molecule has 0 spiro atoms. The first-order chi connectivity index (χ1) is 13.9. The van der Waals surface area contributed by atoms with Gasteiger partial charge in [0.1, 0.15) is 0 Å². The summed E-state index contributed by atoms with van der Waals surface area (Å²) in [6, 6.07) is 12.1. The predicted molar refractivity (Wildman–Crippen MR) is 106 cm³/mol. The van der Waals surface area contributed by atoms with Crippen molar-refractivity contribution in [1.82, 2.24) is 9.88 Å². The third-order valence-corrected chi connectivity index (χ3v) is 5.25. The van der Waals surface area contributed by atoms with Crippen molar-refractivity contribution < 1.29 is 18.0 Å². The van der Waals surface area contributed by atoms with Crippen LogP contribution in [0.5, 0.6) is 0 Å².